The second-order valence-corrected chi connectivity index (χ2v) is 11.2. The minimum atomic E-state index is -0.671. The van der Waals surface area contributed by atoms with Crippen molar-refractivity contribution in [2.75, 3.05) is 11.5 Å². The van der Waals surface area contributed by atoms with E-state index in [9.17, 15) is 9.59 Å². The average Bonchev–Trinajstić information content (AvgIpc) is 3.30. The van der Waals surface area contributed by atoms with Crippen LogP contribution in [0.25, 0.3) is 11.0 Å². The van der Waals surface area contributed by atoms with Crippen LogP contribution in [-0.2, 0) is 0 Å². The number of nitrogens with zero attached hydrogens (tertiary/aromatic N) is 2. The minimum Gasteiger partial charge on any atom is -0.494 e. The van der Waals surface area contributed by atoms with Gasteiger partial charge in [0.25, 0.3) is 5.91 Å². The monoisotopic (exact) mass is 552 g/mol. The molecule has 4 aromatic rings. The number of amides is 1. The number of benzene rings is 2. The van der Waals surface area contributed by atoms with Gasteiger partial charge in [-0.25, -0.2) is 4.98 Å². The number of hydrogen-bond donors (Lipinski definition) is 0. The largest absolute Gasteiger partial charge is 0.494 e. The van der Waals surface area contributed by atoms with Crippen LogP contribution in [0.2, 0.25) is 0 Å². The van der Waals surface area contributed by atoms with Crippen molar-refractivity contribution in [1.82, 2.24) is 4.98 Å². The molecule has 0 spiro atoms. The zero-order valence-electron chi connectivity index (χ0n) is 19.9. The van der Waals surface area contributed by atoms with Gasteiger partial charge in [0, 0.05) is 9.35 Å². The Bertz CT molecular complexity index is 1490. The third kappa shape index (κ3) is 4.29. The van der Waals surface area contributed by atoms with E-state index in [1.54, 1.807) is 23.1 Å². The van der Waals surface area contributed by atoms with Crippen LogP contribution in [0.4, 0.5) is 5.13 Å². The maximum atomic E-state index is 13.8. The van der Waals surface area contributed by atoms with Crippen molar-refractivity contribution in [1.29, 1.82) is 0 Å². The highest BCUT2D eigenvalue weighted by Crippen LogP contribution is 2.43. The van der Waals surface area contributed by atoms with Gasteiger partial charge in [-0.2, -0.15) is 0 Å². The fraction of sp³-hybridized carbons (Fsp3) is 0.296. The Hall–Kier alpha value is -2.97. The van der Waals surface area contributed by atoms with E-state index in [0.29, 0.717) is 39.9 Å². The van der Waals surface area contributed by atoms with E-state index < -0.39 is 6.04 Å². The summed E-state index contributed by atoms with van der Waals surface area (Å²) in [6.07, 6.45) is 0.934. The fourth-order valence-electron chi connectivity index (χ4n) is 4.20. The number of anilines is 1. The summed E-state index contributed by atoms with van der Waals surface area (Å²) >= 11 is 4.87. The van der Waals surface area contributed by atoms with Crippen molar-refractivity contribution in [3.8, 4) is 5.75 Å². The highest BCUT2D eigenvalue weighted by atomic mass is 79.9. The van der Waals surface area contributed by atoms with Gasteiger partial charge in [0.2, 0.25) is 5.76 Å². The van der Waals surface area contributed by atoms with E-state index in [2.05, 4.69) is 34.8 Å². The number of carbonyl (C=O) groups excluding carboxylic acids is 1. The molecule has 1 atom stereocenters. The molecule has 1 unspecified atom stereocenters. The Morgan fingerprint density at radius 1 is 1.17 bits per heavy atom. The third-order valence-electron chi connectivity index (χ3n) is 6.19. The first kappa shape index (κ1) is 23.8. The molecule has 0 aliphatic carbocycles. The van der Waals surface area contributed by atoms with E-state index >= 15 is 0 Å². The molecule has 35 heavy (non-hydrogen) atoms. The topological polar surface area (TPSA) is 72.6 Å². The molecule has 0 N–H and O–H groups in total. The Morgan fingerprint density at radius 3 is 2.69 bits per heavy atom. The van der Waals surface area contributed by atoms with Gasteiger partial charge in [-0.3, -0.25) is 14.5 Å². The van der Waals surface area contributed by atoms with Gasteiger partial charge in [-0.15, -0.1) is 11.3 Å². The van der Waals surface area contributed by atoms with E-state index in [1.807, 2.05) is 38.1 Å². The summed E-state index contributed by atoms with van der Waals surface area (Å²) in [5, 5.41) is 0.964. The summed E-state index contributed by atoms with van der Waals surface area (Å²) in [6, 6.07) is 12.1. The van der Waals surface area contributed by atoms with Crippen LogP contribution in [0.3, 0.4) is 0 Å². The van der Waals surface area contributed by atoms with Crippen LogP contribution in [-0.4, -0.2) is 17.5 Å². The molecule has 1 aliphatic rings. The van der Waals surface area contributed by atoms with Crippen molar-refractivity contribution >= 4 is 49.3 Å². The highest BCUT2D eigenvalue weighted by Gasteiger charge is 2.45. The molecule has 8 heteroatoms. The number of thiazole rings is 1. The van der Waals surface area contributed by atoms with Gasteiger partial charge in [0.05, 0.1) is 29.3 Å². The summed E-state index contributed by atoms with van der Waals surface area (Å²) in [5.41, 5.74) is 2.10. The summed E-state index contributed by atoms with van der Waals surface area (Å²) in [6.45, 7) is 8.78. The van der Waals surface area contributed by atoms with Gasteiger partial charge in [0.1, 0.15) is 11.3 Å². The fourth-order valence-corrected chi connectivity index (χ4v) is 5.50. The summed E-state index contributed by atoms with van der Waals surface area (Å²) in [7, 11) is 0. The molecule has 5 rings (SSSR count). The molecule has 6 nitrogen and oxygen atoms in total. The first-order chi connectivity index (χ1) is 16.7. The number of fused-ring (bicyclic) bond motifs is 2. The highest BCUT2D eigenvalue weighted by molar-refractivity contribution is 9.10. The smallest absolute Gasteiger partial charge is 0.297 e. The summed E-state index contributed by atoms with van der Waals surface area (Å²) < 4.78 is 12.8. The number of aromatic nitrogens is 1. The molecule has 2 aromatic carbocycles. The van der Waals surface area contributed by atoms with Crippen LogP contribution >= 0.6 is 27.3 Å². The molecular formula is C27H25BrN2O4S. The molecular weight excluding hydrogens is 528 g/mol. The number of rotatable bonds is 6. The molecule has 0 fully saturated rings. The van der Waals surface area contributed by atoms with Crippen molar-refractivity contribution in [3.63, 3.8) is 0 Å². The normalized spacial score (nSPS) is 15.3. The number of ether oxygens (including phenoxy) is 1. The zero-order chi connectivity index (χ0) is 24.9. The van der Waals surface area contributed by atoms with Gasteiger partial charge >= 0.3 is 0 Å². The predicted octanol–water partition coefficient (Wildman–Crippen LogP) is 6.80. The van der Waals surface area contributed by atoms with Crippen LogP contribution in [0.15, 0.2) is 56.1 Å². The van der Waals surface area contributed by atoms with E-state index in [1.165, 1.54) is 11.3 Å². The Balaban J connectivity index is 1.69. The van der Waals surface area contributed by atoms with Crippen molar-refractivity contribution < 1.29 is 13.9 Å². The third-order valence-corrected chi connectivity index (χ3v) is 7.76. The number of halogens is 1. The molecule has 0 radical (unpaired) electrons. The average molecular weight is 553 g/mol. The predicted molar refractivity (Wildman–Crippen MR) is 142 cm³/mol. The lowest BCUT2D eigenvalue weighted by molar-refractivity contribution is 0.0971. The number of hydrogen-bond acceptors (Lipinski definition) is 6. The first-order valence-corrected chi connectivity index (χ1v) is 13.1. The molecule has 0 saturated carbocycles. The molecule has 1 amide bonds. The van der Waals surface area contributed by atoms with Crippen LogP contribution in [0.1, 0.15) is 58.6 Å². The van der Waals surface area contributed by atoms with Crippen LogP contribution in [0, 0.1) is 19.8 Å². The molecule has 0 bridgehead atoms. The lowest BCUT2D eigenvalue weighted by Gasteiger charge is -2.23. The van der Waals surface area contributed by atoms with Crippen LogP contribution in [0.5, 0.6) is 5.75 Å². The van der Waals surface area contributed by atoms with Crippen LogP contribution < -0.4 is 15.1 Å². The van der Waals surface area contributed by atoms with Crippen molar-refractivity contribution in [2.24, 2.45) is 5.92 Å². The van der Waals surface area contributed by atoms with Gasteiger partial charge in [0.15, 0.2) is 10.6 Å². The molecule has 3 heterocycles. The number of aryl methyl sites for hydroxylation is 2. The van der Waals surface area contributed by atoms with Gasteiger partial charge in [-0.1, -0.05) is 41.9 Å². The maximum absolute atomic E-state index is 13.8. The molecule has 0 saturated heterocycles. The Morgan fingerprint density at radius 2 is 1.97 bits per heavy atom. The van der Waals surface area contributed by atoms with Gasteiger partial charge in [-0.05, 0) is 62.1 Å². The van der Waals surface area contributed by atoms with E-state index in [0.717, 1.165) is 27.0 Å². The summed E-state index contributed by atoms with van der Waals surface area (Å²) in [5.74, 6) is 0.920. The maximum Gasteiger partial charge on any atom is 0.297 e. The van der Waals surface area contributed by atoms with Gasteiger partial charge < -0.3 is 9.15 Å². The Kier molecular flexibility index (Phi) is 6.27. The quantitative estimate of drug-likeness (QED) is 0.263. The first-order valence-electron chi connectivity index (χ1n) is 11.5. The molecule has 2 aromatic heterocycles. The summed E-state index contributed by atoms with van der Waals surface area (Å²) in [4.78, 5) is 34.7. The van der Waals surface area contributed by atoms with E-state index in [4.69, 9.17) is 9.15 Å². The second-order valence-electron chi connectivity index (χ2n) is 9.13. The molecule has 1 aliphatic heterocycles. The lowest BCUT2D eigenvalue weighted by atomic mass is 9.98. The van der Waals surface area contributed by atoms with Crippen molar-refractivity contribution in [2.45, 2.75) is 40.2 Å². The zero-order valence-corrected chi connectivity index (χ0v) is 22.3. The SMILES string of the molecule is Cc1nc(N2C(=O)c3oc4ccc(Br)cc4c(=O)c3C2c2cccc(OCCC(C)C)c2)sc1C. The second kappa shape index (κ2) is 9.24. The number of carbonyl (C=O) groups is 1. The standard InChI is InChI=1S/C27H25BrN2O4S/c1-14(2)10-11-33-19-7-5-6-17(12-19)23-22-24(31)20-13-18(28)8-9-21(20)34-25(22)26(32)30(23)27-29-15(3)16(4)35-27/h5-9,12-14,23H,10-11H2,1-4H3. The Labute approximate surface area is 215 Å². The minimum absolute atomic E-state index is 0.0615. The molecule has 180 valence electrons. The lowest BCUT2D eigenvalue weighted by Crippen LogP contribution is -2.29. The van der Waals surface area contributed by atoms with Crippen molar-refractivity contribution in [3.05, 3.63) is 84.6 Å². The van der Waals surface area contributed by atoms with E-state index in [-0.39, 0.29) is 17.1 Å².